The molecule has 0 aromatic carbocycles. The second-order valence-electron chi connectivity index (χ2n) is 5.76. The Morgan fingerprint density at radius 1 is 0.810 bits per heavy atom. The Morgan fingerprint density at radius 3 is 1.67 bits per heavy atom. The van der Waals surface area contributed by atoms with Crippen molar-refractivity contribution in [2.45, 2.75) is 40.5 Å². The summed E-state index contributed by atoms with van der Waals surface area (Å²) in [4.78, 5) is 28.9. The fraction of sp³-hybridized carbons (Fsp3) is 0.875. The van der Waals surface area contributed by atoms with Crippen molar-refractivity contribution in [2.24, 2.45) is 5.92 Å². The van der Waals surface area contributed by atoms with Crippen LogP contribution >= 0.6 is 0 Å². The topological polar surface area (TPSA) is 43.9 Å². The summed E-state index contributed by atoms with van der Waals surface area (Å²) in [6.45, 7) is 14.0. The van der Waals surface area contributed by atoms with E-state index in [9.17, 15) is 9.59 Å². The molecule has 0 aromatic heterocycles. The van der Waals surface area contributed by atoms with E-state index in [-0.39, 0.29) is 11.8 Å². The second-order valence-corrected chi connectivity index (χ2v) is 5.76. The van der Waals surface area contributed by atoms with Crippen molar-refractivity contribution in [3.05, 3.63) is 0 Å². The highest BCUT2D eigenvalue weighted by Crippen LogP contribution is 2.19. The SMILES string of the molecule is CC.CC(=O)N1CCC(CN2CCN(C(C)=O)CC2)CC1. The molecule has 0 atom stereocenters. The molecule has 2 aliphatic heterocycles. The summed E-state index contributed by atoms with van der Waals surface area (Å²) in [7, 11) is 0. The van der Waals surface area contributed by atoms with Gasteiger partial charge in [-0.2, -0.15) is 0 Å². The average Bonchev–Trinajstić information content (AvgIpc) is 2.50. The van der Waals surface area contributed by atoms with Crippen LogP contribution in [0, 0.1) is 5.92 Å². The molecule has 0 bridgehead atoms. The van der Waals surface area contributed by atoms with Crippen molar-refractivity contribution in [3.63, 3.8) is 0 Å². The van der Waals surface area contributed by atoms with Crippen LogP contribution in [0.1, 0.15) is 40.5 Å². The summed E-state index contributed by atoms with van der Waals surface area (Å²) in [5, 5.41) is 0. The third-order valence-electron chi connectivity index (χ3n) is 4.39. The van der Waals surface area contributed by atoms with E-state index in [2.05, 4.69) is 4.90 Å². The molecule has 0 aliphatic carbocycles. The van der Waals surface area contributed by atoms with Crippen LogP contribution in [0.25, 0.3) is 0 Å². The summed E-state index contributed by atoms with van der Waals surface area (Å²) in [6.07, 6.45) is 2.24. The fourth-order valence-electron chi connectivity index (χ4n) is 3.04. The lowest BCUT2D eigenvalue weighted by Crippen LogP contribution is -2.50. The molecule has 2 fully saturated rings. The first-order valence-electron chi connectivity index (χ1n) is 8.29. The van der Waals surface area contributed by atoms with Gasteiger partial charge in [0.2, 0.25) is 11.8 Å². The first kappa shape index (κ1) is 18.0. The Labute approximate surface area is 129 Å². The van der Waals surface area contributed by atoms with Crippen molar-refractivity contribution in [2.75, 3.05) is 45.8 Å². The van der Waals surface area contributed by atoms with E-state index in [1.54, 1.807) is 13.8 Å². The Bertz CT molecular complexity index is 298. The molecular formula is C16H31N3O2. The minimum Gasteiger partial charge on any atom is -0.343 e. The van der Waals surface area contributed by atoms with E-state index in [1.165, 1.54) is 0 Å². The molecule has 21 heavy (non-hydrogen) atoms. The normalized spacial score (nSPS) is 20.8. The van der Waals surface area contributed by atoms with E-state index in [1.807, 2.05) is 23.6 Å². The Kier molecular flexibility index (Phi) is 7.72. The summed E-state index contributed by atoms with van der Waals surface area (Å²) < 4.78 is 0. The van der Waals surface area contributed by atoms with Gasteiger partial charge in [-0.3, -0.25) is 14.5 Å². The van der Waals surface area contributed by atoms with Gasteiger partial charge in [0.1, 0.15) is 0 Å². The molecule has 5 nitrogen and oxygen atoms in total. The number of piperidine rings is 1. The lowest BCUT2D eigenvalue weighted by Gasteiger charge is -2.38. The van der Waals surface area contributed by atoms with Crippen LogP contribution in [0.3, 0.4) is 0 Å². The van der Waals surface area contributed by atoms with Crippen LogP contribution in [-0.4, -0.2) is 72.3 Å². The van der Waals surface area contributed by atoms with Crippen LogP contribution in [0.5, 0.6) is 0 Å². The van der Waals surface area contributed by atoms with Gasteiger partial charge in [0.25, 0.3) is 0 Å². The minimum atomic E-state index is 0.189. The highest BCUT2D eigenvalue weighted by atomic mass is 16.2. The third kappa shape index (κ3) is 5.65. The van der Waals surface area contributed by atoms with Gasteiger partial charge in [0.15, 0.2) is 0 Å². The van der Waals surface area contributed by atoms with Crippen LogP contribution in [-0.2, 0) is 9.59 Å². The summed E-state index contributed by atoms with van der Waals surface area (Å²) >= 11 is 0. The lowest BCUT2D eigenvalue weighted by molar-refractivity contribution is -0.130. The van der Waals surface area contributed by atoms with Gasteiger partial charge in [0, 0.05) is 59.7 Å². The minimum absolute atomic E-state index is 0.189. The van der Waals surface area contributed by atoms with E-state index >= 15 is 0 Å². The van der Waals surface area contributed by atoms with Crippen LogP contribution in [0.15, 0.2) is 0 Å². The second kappa shape index (κ2) is 9.03. The predicted molar refractivity (Wildman–Crippen MR) is 85.0 cm³/mol. The van der Waals surface area contributed by atoms with Crippen molar-refractivity contribution in [3.8, 4) is 0 Å². The number of carbonyl (C=O) groups excluding carboxylic acids is 2. The lowest BCUT2D eigenvalue weighted by atomic mass is 9.96. The largest absolute Gasteiger partial charge is 0.343 e. The maximum Gasteiger partial charge on any atom is 0.219 e. The molecule has 2 rings (SSSR count). The first-order valence-corrected chi connectivity index (χ1v) is 8.29. The Hall–Kier alpha value is -1.10. The smallest absolute Gasteiger partial charge is 0.219 e. The van der Waals surface area contributed by atoms with Crippen molar-refractivity contribution < 1.29 is 9.59 Å². The number of likely N-dealkylation sites (tertiary alicyclic amines) is 1. The number of nitrogens with zero attached hydrogens (tertiary/aromatic N) is 3. The number of piperazine rings is 1. The van der Waals surface area contributed by atoms with E-state index in [0.717, 1.165) is 58.7 Å². The first-order chi connectivity index (χ1) is 10.1. The fourth-order valence-corrected chi connectivity index (χ4v) is 3.04. The summed E-state index contributed by atoms with van der Waals surface area (Å²) in [5.74, 6) is 1.10. The number of hydrogen-bond acceptors (Lipinski definition) is 3. The molecule has 2 saturated heterocycles. The van der Waals surface area contributed by atoms with Gasteiger partial charge < -0.3 is 9.80 Å². The summed E-state index contributed by atoms with van der Waals surface area (Å²) in [6, 6.07) is 0. The van der Waals surface area contributed by atoms with E-state index in [4.69, 9.17) is 0 Å². The molecule has 5 heteroatoms. The standard InChI is InChI=1S/C14H25N3O2.C2H6/c1-12(18)16-5-3-14(4-6-16)11-15-7-9-17(10-8-15)13(2)19;1-2/h14H,3-11H2,1-2H3;1-2H3. The maximum absolute atomic E-state index is 11.3. The third-order valence-corrected chi connectivity index (χ3v) is 4.39. The predicted octanol–water partition coefficient (Wildman–Crippen LogP) is 1.44. The molecule has 0 unspecified atom stereocenters. The molecule has 0 saturated carbocycles. The van der Waals surface area contributed by atoms with E-state index in [0.29, 0.717) is 5.92 Å². The van der Waals surface area contributed by atoms with Gasteiger partial charge in [-0.1, -0.05) is 13.8 Å². The molecule has 2 amide bonds. The number of carbonyl (C=O) groups is 2. The molecule has 0 spiro atoms. The van der Waals surface area contributed by atoms with E-state index < -0.39 is 0 Å². The average molecular weight is 297 g/mol. The molecule has 0 aromatic rings. The van der Waals surface area contributed by atoms with Gasteiger partial charge in [-0.05, 0) is 18.8 Å². The zero-order valence-electron chi connectivity index (χ0n) is 14.1. The number of hydrogen-bond donors (Lipinski definition) is 0. The molecule has 2 aliphatic rings. The van der Waals surface area contributed by atoms with Gasteiger partial charge in [-0.15, -0.1) is 0 Å². The van der Waals surface area contributed by atoms with Crippen LogP contribution < -0.4 is 0 Å². The highest BCUT2D eigenvalue weighted by Gasteiger charge is 2.25. The van der Waals surface area contributed by atoms with Crippen molar-refractivity contribution in [1.82, 2.24) is 14.7 Å². The molecule has 122 valence electrons. The van der Waals surface area contributed by atoms with Gasteiger partial charge >= 0.3 is 0 Å². The zero-order chi connectivity index (χ0) is 15.8. The Morgan fingerprint density at radius 2 is 1.24 bits per heavy atom. The number of amides is 2. The zero-order valence-corrected chi connectivity index (χ0v) is 14.1. The maximum atomic E-state index is 11.3. The molecular weight excluding hydrogens is 266 g/mol. The molecule has 0 radical (unpaired) electrons. The summed E-state index contributed by atoms with van der Waals surface area (Å²) in [5.41, 5.74) is 0. The monoisotopic (exact) mass is 297 g/mol. The van der Waals surface area contributed by atoms with Crippen LogP contribution in [0.4, 0.5) is 0 Å². The number of rotatable bonds is 2. The quantitative estimate of drug-likeness (QED) is 0.774. The van der Waals surface area contributed by atoms with Crippen LogP contribution in [0.2, 0.25) is 0 Å². The van der Waals surface area contributed by atoms with Gasteiger partial charge in [0.05, 0.1) is 0 Å². The van der Waals surface area contributed by atoms with Crippen molar-refractivity contribution in [1.29, 1.82) is 0 Å². The molecule has 2 heterocycles. The highest BCUT2D eigenvalue weighted by molar-refractivity contribution is 5.73. The van der Waals surface area contributed by atoms with Crippen molar-refractivity contribution >= 4 is 11.8 Å². The van der Waals surface area contributed by atoms with Gasteiger partial charge in [-0.25, -0.2) is 0 Å². The Balaban J connectivity index is 0.00000106. The molecule has 0 N–H and O–H groups in total.